The molecule has 0 unspecified atom stereocenters. The average Bonchev–Trinajstić information content (AvgIpc) is 2.83. The Kier molecular flexibility index (Phi) is 7.08. The topological polar surface area (TPSA) is 55.7 Å². The van der Waals surface area contributed by atoms with Crippen LogP contribution in [0.3, 0.4) is 0 Å². The van der Waals surface area contributed by atoms with Crippen LogP contribution in [0.15, 0.2) is 64.5 Å². The molecule has 0 radical (unpaired) electrons. The second kappa shape index (κ2) is 10.2. The Bertz CT molecular complexity index is 1050. The molecule has 8 heteroatoms. The minimum absolute atomic E-state index is 0.369. The largest absolute Gasteiger partial charge is 0.358 e. The predicted molar refractivity (Wildman–Crippen MR) is 130 cm³/mol. The van der Waals surface area contributed by atoms with E-state index in [4.69, 9.17) is 9.83 Å². The molecule has 0 aliphatic carbocycles. The van der Waals surface area contributed by atoms with Crippen molar-refractivity contribution in [2.75, 3.05) is 39.8 Å². The third-order valence-corrected chi connectivity index (χ3v) is 6.17. The quantitative estimate of drug-likeness (QED) is 0.393. The van der Waals surface area contributed by atoms with E-state index in [1.807, 2.05) is 24.2 Å². The molecule has 3 aliphatic heterocycles. The summed E-state index contributed by atoms with van der Waals surface area (Å²) in [6.07, 6.45) is 7.42. The van der Waals surface area contributed by atoms with Gasteiger partial charge in [0.1, 0.15) is 17.5 Å². The number of oxime groups is 1. The van der Waals surface area contributed by atoms with Gasteiger partial charge in [-0.2, -0.15) is 0 Å². The van der Waals surface area contributed by atoms with Gasteiger partial charge < -0.3 is 20.0 Å². The van der Waals surface area contributed by atoms with E-state index in [0.717, 1.165) is 38.6 Å². The molecule has 174 valence electrons. The molecule has 7 nitrogen and oxygen atoms in total. The lowest BCUT2D eigenvalue weighted by atomic mass is 10.0. The number of nitrogens with zero attached hydrogens (tertiary/aromatic N) is 5. The zero-order valence-corrected chi connectivity index (χ0v) is 19.5. The van der Waals surface area contributed by atoms with Crippen molar-refractivity contribution in [2.24, 2.45) is 16.1 Å². The summed E-state index contributed by atoms with van der Waals surface area (Å²) in [6, 6.07) is 5.00. The molecule has 0 spiro atoms. The minimum atomic E-state index is -0.369. The lowest BCUT2D eigenvalue weighted by Gasteiger charge is -2.37. The summed E-state index contributed by atoms with van der Waals surface area (Å²) >= 11 is 0. The fourth-order valence-corrected chi connectivity index (χ4v) is 4.14. The summed E-state index contributed by atoms with van der Waals surface area (Å²) in [7, 11) is 2.04. The second-order valence-corrected chi connectivity index (χ2v) is 8.76. The number of likely N-dealkylation sites (N-methyl/N-ethyl adjacent to an activating group) is 1. The van der Waals surface area contributed by atoms with E-state index >= 15 is 0 Å². The van der Waals surface area contributed by atoms with Gasteiger partial charge in [0.05, 0.1) is 6.20 Å². The van der Waals surface area contributed by atoms with Crippen molar-refractivity contribution >= 4 is 18.1 Å². The van der Waals surface area contributed by atoms with Crippen LogP contribution in [-0.4, -0.2) is 73.1 Å². The molecular weight excluding hydrogens is 419 g/mol. The Morgan fingerprint density at radius 2 is 2.27 bits per heavy atom. The maximum atomic E-state index is 14.7. The van der Waals surface area contributed by atoms with E-state index in [1.165, 1.54) is 12.1 Å². The molecule has 0 aromatic heterocycles. The van der Waals surface area contributed by atoms with Crippen LogP contribution in [0.5, 0.6) is 5.75 Å². The molecule has 0 saturated carbocycles. The number of halogens is 1. The first-order chi connectivity index (χ1) is 16.0. The summed E-state index contributed by atoms with van der Waals surface area (Å²) in [6.45, 7) is 12.8. The van der Waals surface area contributed by atoms with E-state index < -0.39 is 0 Å². The van der Waals surface area contributed by atoms with Gasteiger partial charge in [0.2, 0.25) is 0 Å². The summed E-state index contributed by atoms with van der Waals surface area (Å²) < 4.78 is 14.7. The first-order valence-electron chi connectivity index (χ1n) is 11.3. The molecular formula is C25H31FN6O. The van der Waals surface area contributed by atoms with Gasteiger partial charge in [-0.3, -0.25) is 4.90 Å². The van der Waals surface area contributed by atoms with Crippen LogP contribution in [0, 0.1) is 11.7 Å². The number of rotatable bonds is 7. The summed E-state index contributed by atoms with van der Waals surface area (Å²) in [4.78, 5) is 16.5. The predicted octanol–water partition coefficient (Wildman–Crippen LogP) is 3.26. The zero-order valence-electron chi connectivity index (χ0n) is 19.5. The molecule has 33 heavy (non-hydrogen) atoms. The first-order valence-corrected chi connectivity index (χ1v) is 11.3. The third kappa shape index (κ3) is 5.25. The maximum Gasteiger partial charge on any atom is 0.158 e. The number of aliphatic imine (C=N–C) groups is 1. The van der Waals surface area contributed by atoms with Crippen LogP contribution in [-0.2, 0) is 0 Å². The Morgan fingerprint density at radius 3 is 3.06 bits per heavy atom. The van der Waals surface area contributed by atoms with E-state index in [1.54, 1.807) is 18.3 Å². The molecule has 1 N–H and O–H groups in total. The van der Waals surface area contributed by atoms with Crippen molar-refractivity contribution in [1.29, 1.82) is 0 Å². The van der Waals surface area contributed by atoms with Crippen LogP contribution in [0.1, 0.15) is 19.4 Å². The lowest BCUT2D eigenvalue weighted by Crippen LogP contribution is -2.54. The van der Waals surface area contributed by atoms with Gasteiger partial charge in [0, 0.05) is 69.9 Å². The molecule has 3 aliphatic rings. The van der Waals surface area contributed by atoms with Crippen molar-refractivity contribution < 1.29 is 9.23 Å². The van der Waals surface area contributed by atoms with Crippen LogP contribution in [0.25, 0.3) is 5.57 Å². The Morgan fingerprint density at radius 1 is 1.42 bits per heavy atom. The summed E-state index contributed by atoms with van der Waals surface area (Å²) in [5.74, 6) is 2.13. The molecule has 1 saturated heterocycles. The molecule has 4 rings (SSSR count). The molecule has 1 aromatic rings. The number of hydrogen-bond donors (Lipinski definition) is 1. The Labute approximate surface area is 194 Å². The zero-order chi connectivity index (χ0) is 23.4. The molecule has 1 aromatic carbocycles. The van der Waals surface area contributed by atoms with Crippen LogP contribution in [0.2, 0.25) is 0 Å². The Hall–Kier alpha value is -3.19. The van der Waals surface area contributed by atoms with Gasteiger partial charge in [-0.05, 0) is 36.3 Å². The average molecular weight is 451 g/mol. The molecule has 1 fully saturated rings. The number of hydrogen-bond acceptors (Lipinski definition) is 7. The molecule has 3 heterocycles. The van der Waals surface area contributed by atoms with E-state index in [-0.39, 0.29) is 5.82 Å². The van der Waals surface area contributed by atoms with Gasteiger partial charge in [0.25, 0.3) is 0 Å². The normalized spacial score (nSPS) is 20.2. The molecule has 1 atom stereocenters. The van der Waals surface area contributed by atoms with Gasteiger partial charge in [0.15, 0.2) is 5.75 Å². The number of benzene rings is 1. The van der Waals surface area contributed by atoms with E-state index in [2.05, 4.69) is 46.6 Å². The summed E-state index contributed by atoms with van der Waals surface area (Å²) in [5, 5.41) is 7.03. The van der Waals surface area contributed by atoms with Crippen molar-refractivity contribution in [3.05, 3.63) is 65.7 Å². The maximum absolute atomic E-state index is 14.7. The SMILES string of the molecule is C=NOc1ccc(F)c(C2=C3N=C(N(C)CCN4CCN[C@@H](C(C)C)C4)C=CN3C=C=C2)c1. The highest BCUT2D eigenvalue weighted by atomic mass is 19.1. The number of amidine groups is 1. The number of piperazine rings is 1. The van der Waals surface area contributed by atoms with Gasteiger partial charge >= 0.3 is 0 Å². The smallest absolute Gasteiger partial charge is 0.158 e. The highest BCUT2D eigenvalue weighted by Crippen LogP contribution is 2.32. The fraction of sp³-hybridized carbons (Fsp3) is 0.400. The fourth-order valence-electron chi connectivity index (χ4n) is 4.14. The second-order valence-electron chi connectivity index (χ2n) is 8.76. The van der Waals surface area contributed by atoms with Crippen LogP contribution >= 0.6 is 0 Å². The van der Waals surface area contributed by atoms with Gasteiger partial charge in [-0.15, -0.1) is 5.73 Å². The van der Waals surface area contributed by atoms with Crippen molar-refractivity contribution in [1.82, 2.24) is 20.0 Å². The number of nitrogens with one attached hydrogen (secondary N) is 1. The van der Waals surface area contributed by atoms with Gasteiger partial charge in [-0.25, -0.2) is 9.38 Å². The third-order valence-electron chi connectivity index (χ3n) is 6.17. The number of fused-ring (bicyclic) bond motifs is 1. The lowest BCUT2D eigenvalue weighted by molar-refractivity contribution is 0.168. The van der Waals surface area contributed by atoms with Crippen molar-refractivity contribution in [2.45, 2.75) is 19.9 Å². The first kappa shape index (κ1) is 23.0. The van der Waals surface area contributed by atoms with Crippen molar-refractivity contribution in [3.8, 4) is 5.75 Å². The molecule has 0 amide bonds. The Balaban J connectivity index is 1.53. The molecule has 0 bridgehead atoms. The standard InChI is InChI=1S/C25H31FN6O/c1-18(2)23-17-31(13-10-28-23)15-14-30(4)24-9-12-32-11-5-6-20(25(32)29-24)21-16-19(33-27-3)7-8-22(21)26/h6-9,11-12,16,18,23,28H,3,10,13-15,17H2,1-2,4H3/t23-/m1/s1. The summed E-state index contributed by atoms with van der Waals surface area (Å²) in [5.41, 5.74) is 4.06. The van der Waals surface area contributed by atoms with E-state index in [9.17, 15) is 4.39 Å². The van der Waals surface area contributed by atoms with E-state index in [0.29, 0.717) is 34.7 Å². The van der Waals surface area contributed by atoms with Crippen LogP contribution in [0.4, 0.5) is 4.39 Å². The number of allylic oxidation sites excluding steroid dienone is 2. The highest BCUT2D eigenvalue weighted by Gasteiger charge is 2.24. The van der Waals surface area contributed by atoms with Gasteiger partial charge in [-0.1, -0.05) is 19.0 Å². The highest BCUT2D eigenvalue weighted by molar-refractivity contribution is 5.96. The van der Waals surface area contributed by atoms with Crippen LogP contribution < -0.4 is 10.2 Å². The minimum Gasteiger partial charge on any atom is -0.358 e. The monoisotopic (exact) mass is 450 g/mol. The van der Waals surface area contributed by atoms with Crippen molar-refractivity contribution in [3.63, 3.8) is 0 Å².